The van der Waals surface area contributed by atoms with Crippen LogP contribution in [0.3, 0.4) is 0 Å². The zero-order chi connectivity index (χ0) is 14.2. The van der Waals surface area contributed by atoms with Crippen LogP contribution in [0.15, 0.2) is 30.5 Å². The molecule has 0 radical (unpaired) electrons. The molecule has 4 nitrogen and oxygen atoms in total. The third-order valence-electron chi connectivity index (χ3n) is 3.37. The Morgan fingerprint density at radius 3 is 2.47 bits per heavy atom. The molecule has 19 heavy (non-hydrogen) atoms. The molecule has 0 bridgehead atoms. The highest BCUT2D eigenvalue weighted by Gasteiger charge is 2.42. The summed E-state index contributed by atoms with van der Waals surface area (Å²) in [4.78, 5) is 23.4. The number of anilines is 1. The van der Waals surface area contributed by atoms with Crippen LogP contribution in [0.4, 0.5) is 5.69 Å². The van der Waals surface area contributed by atoms with Gasteiger partial charge in [-0.05, 0) is 44.0 Å². The van der Waals surface area contributed by atoms with Crippen molar-refractivity contribution in [1.29, 1.82) is 0 Å². The lowest BCUT2D eigenvalue weighted by Gasteiger charge is -2.13. The Kier molecular flexibility index (Phi) is 3.42. The van der Waals surface area contributed by atoms with E-state index in [1.807, 2.05) is 32.0 Å². The Morgan fingerprint density at radius 1 is 1.26 bits per heavy atom. The lowest BCUT2D eigenvalue weighted by atomic mass is 10.0. The van der Waals surface area contributed by atoms with Gasteiger partial charge in [0, 0.05) is 11.4 Å². The topological polar surface area (TPSA) is 55.4 Å². The number of Topliss-reactive ketones (excluding diaryl/α,β-unsaturated/α-hetero) is 1. The van der Waals surface area contributed by atoms with E-state index in [1.165, 1.54) is 5.56 Å². The fraction of sp³-hybridized carbons (Fsp3) is 0.333. The van der Waals surface area contributed by atoms with Gasteiger partial charge in [-0.15, -0.1) is 0 Å². The Morgan fingerprint density at radius 2 is 1.95 bits per heavy atom. The molecule has 2 atom stereocenters. The standard InChI is InChI=1S/C15H17NO3/c1-8-5-6-12(7-9(8)2)16-10(3)13-14(17)11(4)19-15(13)18/h5-7,11,13,16H,3H2,1-2,4H3/t11-,13-/m0/s1. The minimum absolute atomic E-state index is 0.244. The van der Waals surface area contributed by atoms with Gasteiger partial charge >= 0.3 is 5.97 Å². The van der Waals surface area contributed by atoms with Crippen LogP contribution >= 0.6 is 0 Å². The molecule has 4 heteroatoms. The first kappa shape index (κ1) is 13.3. The summed E-state index contributed by atoms with van der Waals surface area (Å²) in [5, 5.41) is 3.02. The minimum atomic E-state index is -0.906. The van der Waals surface area contributed by atoms with Crippen molar-refractivity contribution in [3.05, 3.63) is 41.6 Å². The van der Waals surface area contributed by atoms with E-state index in [9.17, 15) is 9.59 Å². The van der Waals surface area contributed by atoms with Gasteiger partial charge in [0.15, 0.2) is 17.8 Å². The van der Waals surface area contributed by atoms with Crippen LogP contribution in [0.2, 0.25) is 0 Å². The summed E-state index contributed by atoms with van der Waals surface area (Å²) in [6.07, 6.45) is -0.684. The molecule has 0 saturated carbocycles. The van der Waals surface area contributed by atoms with Gasteiger partial charge in [-0.2, -0.15) is 0 Å². The molecule has 0 unspecified atom stereocenters. The molecule has 1 aromatic rings. The number of carbonyl (C=O) groups excluding carboxylic acids is 2. The monoisotopic (exact) mass is 259 g/mol. The van der Waals surface area contributed by atoms with Crippen molar-refractivity contribution < 1.29 is 14.3 Å². The zero-order valence-electron chi connectivity index (χ0n) is 11.3. The molecule has 1 aromatic carbocycles. The summed E-state index contributed by atoms with van der Waals surface area (Å²) in [6.45, 7) is 9.38. The largest absolute Gasteiger partial charge is 0.454 e. The van der Waals surface area contributed by atoms with Crippen LogP contribution in [-0.2, 0) is 14.3 Å². The van der Waals surface area contributed by atoms with E-state index in [-0.39, 0.29) is 5.78 Å². The van der Waals surface area contributed by atoms with Gasteiger partial charge < -0.3 is 10.1 Å². The summed E-state index contributed by atoms with van der Waals surface area (Å²) in [7, 11) is 0. The van der Waals surface area contributed by atoms with Crippen molar-refractivity contribution in [1.82, 2.24) is 0 Å². The Balaban J connectivity index is 2.15. The molecule has 0 aliphatic carbocycles. The van der Waals surface area contributed by atoms with Crippen LogP contribution in [0.25, 0.3) is 0 Å². The van der Waals surface area contributed by atoms with E-state index in [4.69, 9.17) is 4.74 Å². The minimum Gasteiger partial charge on any atom is -0.454 e. The average molecular weight is 259 g/mol. The number of ketones is 1. The maximum absolute atomic E-state index is 11.8. The van der Waals surface area contributed by atoms with E-state index in [1.54, 1.807) is 6.92 Å². The Labute approximate surface area is 112 Å². The maximum Gasteiger partial charge on any atom is 0.323 e. The highest BCUT2D eigenvalue weighted by Crippen LogP contribution is 2.25. The predicted molar refractivity (Wildman–Crippen MR) is 72.7 cm³/mol. The number of esters is 1. The molecule has 1 aliphatic heterocycles. The molecule has 1 N–H and O–H groups in total. The second-order valence-corrected chi connectivity index (χ2v) is 4.86. The first-order chi connectivity index (χ1) is 8.90. The molecule has 1 heterocycles. The van der Waals surface area contributed by atoms with Crippen LogP contribution < -0.4 is 5.32 Å². The van der Waals surface area contributed by atoms with Gasteiger partial charge in [-0.1, -0.05) is 12.6 Å². The fourth-order valence-electron chi connectivity index (χ4n) is 2.04. The molecule has 1 fully saturated rings. The second kappa shape index (κ2) is 4.88. The number of benzene rings is 1. The molecule has 100 valence electrons. The van der Waals surface area contributed by atoms with Gasteiger partial charge in [-0.25, -0.2) is 0 Å². The molecule has 0 amide bonds. The van der Waals surface area contributed by atoms with Gasteiger partial charge in [0.2, 0.25) is 0 Å². The van der Waals surface area contributed by atoms with E-state index in [0.717, 1.165) is 11.3 Å². The number of hydrogen-bond donors (Lipinski definition) is 1. The normalized spacial score (nSPS) is 22.3. The van der Waals surface area contributed by atoms with Crippen molar-refractivity contribution in [3.8, 4) is 0 Å². The van der Waals surface area contributed by atoms with Crippen molar-refractivity contribution in [2.24, 2.45) is 5.92 Å². The summed E-state index contributed by atoms with van der Waals surface area (Å²) in [6, 6.07) is 5.82. The second-order valence-electron chi connectivity index (χ2n) is 4.86. The maximum atomic E-state index is 11.8. The third-order valence-corrected chi connectivity index (χ3v) is 3.37. The van der Waals surface area contributed by atoms with Gasteiger partial charge in [-0.3, -0.25) is 9.59 Å². The number of hydrogen-bond acceptors (Lipinski definition) is 4. The van der Waals surface area contributed by atoms with Crippen LogP contribution in [0.1, 0.15) is 18.1 Å². The smallest absolute Gasteiger partial charge is 0.323 e. The lowest BCUT2D eigenvalue weighted by Crippen LogP contribution is -2.23. The summed E-state index contributed by atoms with van der Waals surface area (Å²) >= 11 is 0. The van der Waals surface area contributed by atoms with Gasteiger partial charge in [0.05, 0.1) is 0 Å². The molecule has 2 rings (SSSR count). The summed E-state index contributed by atoms with van der Waals surface area (Å²) in [5.41, 5.74) is 3.49. The fourth-order valence-corrected chi connectivity index (χ4v) is 2.04. The number of ether oxygens (including phenoxy) is 1. The third kappa shape index (κ3) is 2.52. The van der Waals surface area contributed by atoms with Crippen molar-refractivity contribution in [3.63, 3.8) is 0 Å². The highest BCUT2D eigenvalue weighted by molar-refractivity contribution is 6.09. The Bertz CT molecular complexity index is 563. The number of aryl methyl sites for hydroxylation is 2. The van der Waals surface area contributed by atoms with Crippen LogP contribution in [0, 0.1) is 19.8 Å². The van der Waals surface area contributed by atoms with Crippen molar-refractivity contribution in [2.45, 2.75) is 26.9 Å². The summed E-state index contributed by atoms with van der Waals surface area (Å²) < 4.78 is 4.90. The summed E-state index contributed by atoms with van der Waals surface area (Å²) in [5.74, 6) is -1.68. The first-order valence-electron chi connectivity index (χ1n) is 6.17. The number of carbonyl (C=O) groups is 2. The molecular weight excluding hydrogens is 242 g/mol. The van der Waals surface area contributed by atoms with E-state index in [0.29, 0.717) is 5.70 Å². The highest BCUT2D eigenvalue weighted by atomic mass is 16.6. The van der Waals surface area contributed by atoms with E-state index in [2.05, 4.69) is 11.9 Å². The van der Waals surface area contributed by atoms with E-state index < -0.39 is 18.0 Å². The van der Waals surface area contributed by atoms with Crippen molar-refractivity contribution >= 4 is 17.4 Å². The quantitative estimate of drug-likeness (QED) is 0.668. The lowest BCUT2D eigenvalue weighted by molar-refractivity contribution is -0.143. The molecular formula is C15H17NO3. The SMILES string of the molecule is C=C(Nc1ccc(C)c(C)c1)[C@@H]1C(=O)O[C@@H](C)C1=O. The van der Waals surface area contributed by atoms with Gasteiger partial charge in [0.25, 0.3) is 0 Å². The number of rotatable bonds is 3. The van der Waals surface area contributed by atoms with Crippen molar-refractivity contribution in [2.75, 3.05) is 5.32 Å². The molecule has 1 saturated heterocycles. The molecule has 0 aromatic heterocycles. The average Bonchev–Trinajstić information content (AvgIpc) is 2.58. The zero-order valence-corrected chi connectivity index (χ0v) is 11.3. The van der Waals surface area contributed by atoms with Gasteiger partial charge in [0.1, 0.15) is 0 Å². The Hall–Kier alpha value is -2.10. The van der Waals surface area contributed by atoms with Crippen LogP contribution in [0.5, 0.6) is 0 Å². The first-order valence-corrected chi connectivity index (χ1v) is 6.17. The molecule has 1 aliphatic rings. The van der Waals surface area contributed by atoms with E-state index >= 15 is 0 Å². The number of cyclic esters (lactones) is 1. The molecule has 0 spiro atoms. The predicted octanol–water partition coefficient (Wildman–Crippen LogP) is 2.36. The van der Waals surface area contributed by atoms with Crippen LogP contribution in [-0.4, -0.2) is 17.9 Å². The number of nitrogens with one attached hydrogen (secondary N) is 1.